The largest absolute Gasteiger partial charge is 0.362 e. The van der Waals surface area contributed by atoms with Crippen LogP contribution in [0.2, 0.25) is 0 Å². The number of aryl methyl sites for hydroxylation is 1. The Kier molecular flexibility index (Phi) is 7.15. The minimum absolute atomic E-state index is 0.233. The number of amides is 1. The summed E-state index contributed by atoms with van der Waals surface area (Å²) in [6.45, 7) is 9.40. The molecule has 1 saturated heterocycles. The zero-order chi connectivity index (χ0) is 20.6. The Morgan fingerprint density at radius 3 is 2.69 bits per heavy atom. The smallest absolute Gasteiger partial charge is 0.277 e. The predicted molar refractivity (Wildman–Crippen MR) is 113 cm³/mol. The van der Waals surface area contributed by atoms with E-state index in [4.69, 9.17) is 5.21 Å². The fourth-order valence-electron chi connectivity index (χ4n) is 3.60. The van der Waals surface area contributed by atoms with Gasteiger partial charge in [-0.3, -0.25) is 10.0 Å². The van der Waals surface area contributed by atoms with Gasteiger partial charge in [-0.25, -0.2) is 15.4 Å². The van der Waals surface area contributed by atoms with Crippen molar-refractivity contribution in [2.45, 2.75) is 26.3 Å². The van der Waals surface area contributed by atoms with Crippen LogP contribution in [0.5, 0.6) is 0 Å². The molecule has 154 valence electrons. The summed E-state index contributed by atoms with van der Waals surface area (Å²) in [6.07, 6.45) is 6.69. The van der Waals surface area contributed by atoms with Gasteiger partial charge in [0.25, 0.3) is 5.91 Å². The molecular weight excluding hydrogens is 368 g/mol. The Morgan fingerprint density at radius 1 is 1.31 bits per heavy atom. The standard InChI is InChI=1S/C21H28N6O2/c1-3-23-19-15(2)5-4-6-17(19)12-22-11-16-7-9-27(10-8-16)21-24-13-18(14-25-21)20(28)26-29/h3-6,13-14,16,22-23,29H,1,7-12H2,2H3,(H,26,28). The van der Waals surface area contributed by atoms with Crippen molar-refractivity contribution in [3.63, 3.8) is 0 Å². The first-order valence-corrected chi connectivity index (χ1v) is 9.80. The third kappa shape index (κ3) is 5.30. The average molecular weight is 396 g/mol. The van der Waals surface area contributed by atoms with Crippen LogP contribution in [0, 0.1) is 12.8 Å². The number of hydrogen-bond acceptors (Lipinski definition) is 7. The molecule has 1 fully saturated rings. The molecule has 2 heterocycles. The van der Waals surface area contributed by atoms with Crippen LogP contribution in [-0.2, 0) is 6.54 Å². The molecule has 1 aromatic carbocycles. The number of piperidine rings is 1. The molecule has 0 atom stereocenters. The van der Waals surface area contributed by atoms with Gasteiger partial charge in [0.1, 0.15) is 0 Å². The first-order valence-electron chi connectivity index (χ1n) is 9.80. The van der Waals surface area contributed by atoms with Crippen LogP contribution in [0.25, 0.3) is 0 Å². The van der Waals surface area contributed by atoms with Crippen molar-refractivity contribution in [1.29, 1.82) is 0 Å². The summed E-state index contributed by atoms with van der Waals surface area (Å²) >= 11 is 0. The van der Waals surface area contributed by atoms with Gasteiger partial charge in [0.2, 0.25) is 5.95 Å². The number of hydroxylamine groups is 1. The topological polar surface area (TPSA) is 102 Å². The summed E-state index contributed by atoms with van der Waals surface area (Å²) in [4.78, 5) is 22.0. The second-order valence-electron chi connectivity index (χ2n) is 7.23. The molecule has 0 spiro atoms. The van der Waals surface area contributed by atoms with E-state index in [2.05, 4.69) is 57.2 Å². The molecule has 0 unspecified atom stereocenters. The van der Waals surface area contributed by atoms with Crippen LogP contribution < -0.4 is 21.0 Å². The average Bonchev–Trinajstić information content (AvgIpc) is 2.76. The Balaban J connectivity index is 1.46. The van der Waals surface area contributed by atoms with E-state index in [1.165, 1.54) is 23.5 Å². The zero-order valence-electron chi connectivity index (χ0n) is 16.7. The predicted octanol–water partition coefficient (Wildman–Crippen LogP) is 2.47. The van der Waals surface area contributed by atoms with E-state index in [1.807, 2.05) is 0 Å². The number of rotatable bonds is 8. The molecule has 8 nitrogen and oxygen atoms in total. The number of carbonyl (C=O) groups excluding carboxylic acids is 1. The lowest BCUT2D eigenvalue weighted by atomic mass is 9.97. The molecule has 1 aliphatic rings. The number of aromatic nitrogens is 2. The zero-order valence-corrected chi connectivity index (χ0v) is 16.7. The quantitative estimate of drug-likeness (QED) is 0.401. The third-order valence-electron chi connectivity index (χ3n) is 5.25. The van der Waals surface area contributed by atoms with Crippen molar-refractivity contribution in [2.24, 2.45) is 5.92 Å². The SMILES string of the molecule is C=CNc1c(C)cccc1CNCC1CCN(c2ncc(C(=O)NO)cn2)CC1. The van der Waals surface area contributed by atoms with Crippen molar-refractivity contribution in [2.75, 3.05) is 29.9 Å². The molecule has 0 aliphatic carbocycles. The van der Waals surface area contributed by atoms with E-state index in [-0.39, 0.29) is 5.56 Å². The monoisotopic (exact) mass is 396 g/mol. The molecule has 2 aromatic rings. The minimum Gasteiger partial charge on any atom is -0.362 e. The first-order chi connectivity index (χ1) is 14.1. The first kappa shape index (κ1) is 20.8. The lowest BCUT2D eigenvalue weighted by molar-refractivity contribution is 0.0705. The fraction of sp³-hybridized carbons (Fsp3) is 0.381. The molecule has 29 heavy (non-hydrogen) atoms. The molecule has 4 N–H and O–H groups in total. The van der Waals surface area contributed by atoms with Gasteiger partial charge >= 0.3 is 0 Å². The summed E-state index contributed by atoms with van der Waals surface area (Å²) in [5, 5.41) is 15.5. The molecule has 1 aliphatic heterocycles. The highest BCUT2D eigenvalue weighted by molar-refractivity contribution is 5.92. The molecule has 0 saturated carbocycles. The molecule has 1 amide bonds. The number of para-hydroxylation sites is 1. The van der Waals surface area contributed by atoms with Crippen molar-refractivity contribution in [3.8, 4) is 0 Å². The van der Waals surface area contributed by atoms with Crippen LogP contribution in [0.4, 0.5) is 11.6 Å². The van der Waals surface area contributed by atoms with E-state index in [1.54, 1.807) is 11.7 Å². The number of hydrogen-bond donors (Lipinski definition) is 4. The molecule has 0 bridgehead atoms. The van der Waals surface area contributed by atoms with E-state index in [0.29, 0.717) is 11.9 Å². The second-order valence-corrected chi connectivity index (χ2v) is 7.23. The number of carbonyl (C=O) groups is 1. The van der Waals surface area contributed by atoms with Crippen LogP contribution in [0.15, 0.2) is 43.4 Å². The van der Waals surface area contributed by atoms with Crippen LogP contribution >= 0.6 is 0 Å². The molecular formula is C21H28N6O2. The number of nitrogens with one attached hydrogen (secondary N) is 3. The third-order valence-corrected chi connectivity index (χ3v) is 5.25. The van der Waals surface area contributed by atoms with Gasteiger partial charge in [0.05, 0.1) is 5.56 Å². The Labute approximate surface area is 171 Å². The second kappa shape index (κ2) is 9.99. The lowest BCUT2D eigenvalue weighted by Gasteiger charge is -2.32. The summed E-state index contributed by atoms with van der Waals surface area (Å²) < 4.78 is 0. The van der Waals surface area contributed by atoms with Gasteiger partial charge in [-0.1, -0.05) is 24.8 Å². The van der Waals surface area contributed by atoms with Crippen molar-refractivity contribution in [3.05, 3.63) is 60.1 Å². The highest BCUT2D eigenvalue weighted by Gasteiger charge is 2.21. The van der Waals surface area contributed by atoms with Crippen LogP contribution in [0.1, 0.15) is 34.3 Å². The summed E-state index contributed by atoms with van der Waals surface area (Å²) in [5.74, 6) is 0.610. The van der Waals surface area contributed by atoms with Crippen LogP contribution in [-0.4, -0.2) is 40.7 Å². The van der Waals surface area contributed by atoms with Crippen molar-refractivity contribution < 1.29 is 10.0 Å². The normalized spacial score (nSPS) is 14.5. The van der Waals surface area contributed by atoms with Crippen molar-refractivity contribution >= 4 is 17.5 Å². The van der Waals surface area contributed by atoms with E-state index >= 15 is 0 Å². The van der Waals surface area contributed by atoms with Gasteiger partial charge < -0.3 is 15.5 Å². The van der Waals surface area contributed by atoms with Gasteiger partial charge in [0, 0.05) is 37.7 Å². The van der Waals surface area contributed by atoms with Gasteiger partial charge in [-0.05, 0) is 49.6 Å². The van der Waals surface area contributed by atoms with Gasteiger partial charge in [-0.2, -0.15) is 0 Å². The Bertz CT molecular complexity index is 832. The van der Waals surface area contributed by atoms with Gasteiger partial charge in [-0.15, -0.1) is 0 Å². The summed E-state index contributed by atoms with van der Waals surface area (Å²) in [5.41, 5.74) is 5.39. The number of benzene rings is 1. The Morgan fingerprint density at radius 2 is 2.03 bits per heavy atom. The minimum atomic E-state index is -0.610. The number of nitrogens with zero attached hydrogens (tertiary/aromatic N) is 3. The van der Waals surface area contributed by atoms with Gasteiger partial charge in [0.15, 0.2) is 0 Å². The highest BCUT2D eigenvalue weighted by Crippen LogP contribution is 2.22. The lowest BCUT2D eigenvalue weighted by Crippen LogP contribution is -2.38. The van der Waals surface area contributed by atoms with Crippen LogP contribution in [0.3, 0.4) is 0 Å². The summed E-state index contributed by atoms with van der Waals surface area (Å²) in [7, 11) is 0. The molecule has 0 radical (unpaired) electrons. The highest BCUT2D eigenvalue weighted by atomic mass is 16.5. The molecule has 8 heteroatoms. The van der Waals surface area contributed by atoms with Crippen molar-refractivity contribution in [1.82, 2.24) is 20.8 Å². The summed E-state index contributed by atoms with van der Waals surface area (Å²) in [6, 6.07) is 6.30. The maximum atomic E-state index is 11.4. The van der Waals surface area contributed by atoms with E-state index < -0.39 is 5.91 Å². The van der Waals surface area contributed by atoms with E-state index in [0.717, 1.165) is 44.7 Å². The fourth-order valence-corrected chi connectivity index (χ4v) is 3.60. The van der Waals surface area contributed by atoms with E-state index in [9.17, 15) is 4.79 Å². The maximum absolute atomic E-state index is 11.4. The number of anilines is 2. The Hall–Kier alpha value is -2.97. The molecule has 3 rings (SSSR count). The maximum Gasteiger partial charge on any atom is 0.277 e. The molecule has 1 aromatic heterocycles.